The third-order valence-electron chi connectivity index (χ3n) is 3.38. The van der Waals surface area contributed by atoms with Gasteiger partial charge in [0.15, 0.2) is 0 Å². The van der Waals surface area contributed by atoms with Crippen LogP contribution in [0.2, 0.25) is 0 Å². The van der Waals surface area contributed by atoms with E-state index in [0.29, 0.717) is 24.7 Å². The molecular formula is C14H21N3O2S. The molecule has 1 N–H and O–H groups in total. The van der Waals surface area contributed by atoms with Crippen LogP contribution in [0.5, 0.6) is 0 Å². The van der Waals surface area contributed by atoms with Gasteiger partial charge in [0.1, 0.15) is 11.7 Å². The smallest absolute Gasteiger partial charge is 0.274 e. The van der Waals surface area contributed by atoms with Crippen molar-refractivity contribution in [2.45, 2.75) is 39.7 Å². The number of nitrogens with one attached hydrogen (secondary N) is 1. The number of piperazine rings is 1. The Labute approximate surface area is 123 Å². The van der Waals surface area contributed by atoms with Gasteiger partial charge in [0.05, 0.1) is 5.01 Å². The average Bonchev–Trinajstić information content (AvgIpc) is 2.86. The number of hydrogen-bond acceptors (Lipinski definition) is 4. The van der Waals surface area contributed by atoms with Crippen molar-refractivity contribution in [3.05, 3.63) is 16.1 Å². The number of hydrogen-bond donors (Lipinski definition) is 1. The minimum absolute atomic E-state index is 0.0705. The minimum atomic E-state index is -0.402. The van der Waals surface area contributed by atoms with Crippen molar-refractivity contribution in [1.82, 2.24) is 15.2 Å². The number of amides is 2. The molecule has 1 aromatic rings. The lowest BCUT2D eigenvalue weighted by atomic mass is 9.99. The fraction of sp³-hybridized carbons (Fsp3) is 0.643. The Morgan fingerprint density at radius 1 is 1.45 bits per heavy atom. The van der Waals surface area contributed by atoms with Crippen molar-refractivity contribution in [1.29, 1.82) is 0 Å². The molecule has 0 spiro atoms. The maximum atomic E-state index is 12.6. The molecule has 0 bridgehead atoms. The summed E-state index contributed by atoms with van der Waals surface area (Å²) in [5.41, 5.74) is 0.457. The molecule has 2 rings (SSSR count). The van der Waals surface area contributed by atoms with Gasteiger partial charge in [0.2, 0.25) is 5.91 Å². The van der Waals surface area contributed by atoms with E-state index in [0.717, 1.165) is 5.01 Å². The van der Waals surface area contributed by atoms with Gasteiger partial charge in [-0.2, -0.15) is 0 Å². The van der Waals surface area contributed by atoms with Gasteiger partial charge in [0.25, 0.3) is 5.91 Å². The molecule has 2 amide bonds. The Bertz CT molecular complexity index is 510. The minimum Gasteiger partial charge on any atom is -0.353 e. The maximum absolute atomic E-state index is 12.6. The van der Waals surface area contributed by atoms with Gasteiger partial charge in [-0.3, -0.25) is 9.59 Å². The van der Waals surface area contributed by atoms with Crippen molar-refractivity contribution in [3.63, 3.8) is 0 Å². The number of carbonyl (C=O) groups is 2. The molecule has 1 fully saturated rings. The van der Waals surface area contributed by atoms with Crippen LogP contribution in [-0.2, 0) is 4.79 Å². The molecule has 1 saturated heterocycles. The third-order valence-corrected chi connectivity index (χ3v) is 4.53. The molecule has 0 aromatic carbocycles. The summed E-state index contributed by atoms with van der Waals surface area (Å²) in [7, 11) is 0. The molecule has 1 aliphatic rings. The lowest BCUT2D eigenvalue weighted by molar-refractivity contribution is -0.129. The summed E-state index contributed by atoms with van der Waals surface area (Å²) in [5.74, 6) is 0.190. The first kappa shape index (κ1) is 15.0. The average molecular weight is 295 g/mol. The van der Waals surface area contributed by atoms with Crippen molar-refractivity contribution in [2.75, 3.05) is 13.1 Å². The topological polar surface area (TPSA) is 62.3 Å². The van der Waals surface area contributed by atoms with Crippen LogP contribution in [0.1, 0.15) is 49.1 Å². The molecule has 0 saturated carbocycles. The number of carbonyl (C=O) groups excluding carboxylic acids is 2. The molecule has 1 aliphatic heterocycles. The normalized spacial score (nSPS) is 19.6. The summed E-state index contributed by atoms with van der Waals surface area (Å²) >= 11 is 1.50. The van der Waals surface area contributed by atoms with Crippen molar-refractivity contribution in [3.8, 4) is 0 Å². The monoisotopic (exact) mass is 295 g/mol. The Kier molecular flexibility index (Phi) is 4.42. The fourth-order valence-corrected chi connectivity index (χ4v) is 3.18. The molecule has 0 radical (unpaired) electrons. The van der Waals surface area contributed by atoms with Crippen LogP contribution < -0.4 is 5.32 Å². The molecular weight excluding hydrogens is 274 g/mol. The summed E-state index contributed by atoms with van der Waals surface area (Å²) in [6.07, 6.45) is 0. The van der Waals surface area contributed by atoms with Crippen LogP contribution in [-0.4, -0.2) is 40.8 Å². The SMILES string of the molecule is CC(C)c1nc(C(=O)N2CCNC(=O)[C@H]2C(C)C)cs1. The molecule has 6 heteroatoms. The Morgan fingerprint density at radius 3 is 2.70 bits per heavy atom. The van der Waals surface area contributed by atoms with Crippen molar-refractivity contribution >= 4 is 23.2 Å². The van der Waals surface area contributed by atoms with Crippen LogP contribution in [0.25, 0.3) is 0 Å². The largest absolute Gasteiger partial charge is 0.353 e. The van der Waals surface area contributed by atoms with E-state index in [4.69, 9.17) is 0 Å². The summed E-state index contributed by atoms with van der Waals surface area (Å²) in [5, 5.41) is 5.57. The Morgan fingerprint density at radius 2 is 2.15 bits per heavy atom. The van der Waals surface area contributed by atoms with E-state index < -0.39 is 6.04 Å². The first-order chi connectivity index (χ1) is 9.41. The predicted molar refractivity (Wildman–Crippen MR) is 78.9 cm³/mol. The van der Waals surface area contributed by atoms with Crippen LogP contribution >= 0.6 is 11.3 Å². The van der Waals surface area contributed by atoms with Crippen LogP contribution in [0.3, 0.4) is 0 Å². The summed E-state index contributed by atoms with van der Waals surface area (Å²) in [6.45, 7) is 9.07. The van der Waals surface area contributed by atoms with Gasteiger partial charge in [-0.25, -0.2) is 4.98 Å². The van der Waals surface area contributed by atoms with Gasteiger partial charge >= 0.3 is 0 Å². The van der Waals surface area contributed by atoms with Gasteiger partial charge in [0, 0.05) is 24.4 Å². The molecule has 110 valence electrons. The number of rotatable bonds is 3. The molecule has 1 atom stereocenters. The van der Waals surface area contributed by atoms with Gasteiger partial charge in [-0.1, -0.05) is 27.7 Å². The van der Waals surface area contributed by atoms with Gasteiger partial charge in [-0.05, 0) is 5.92 Å². The Hall–Kier alpha value is -1.43. The molecule has 0 aliphatic carbocycles. The van der Waals surface area contributed by atoms with E-state index in [1.54, 1.807) is 10.3 Å². The maximum Gasteiger partial charge on any atom is 0.274 e. The van der Waals surface area contributed by atoms with Crippen LogP contribution in [0, 0.1) is 5.92 Å². The Balaban J connectivity index is 2.23. The second-order valence-corrected chi connectivity index (χ2v) is 6.59. The predicted octanol–water partition coefficient (Wildman–Crippen LogP) is 1.86. The number of thiazole rings is 1. The van der Waals surface area contributed by atoms with Gasteiger partial charge < -0.3 is 10.2 Å². The van der Waals surface area contributed by atoms with E-state index >= 15 is 0 Å². The van der Waals surface area contributed by atoms with Crippen molar-refractivity contribution < 1.29 is 9.59 Å². The first-order valence-corrected chi connectivity index (χ1v) is 7.84. The quantitative estimate of drug-likeness (QED) is 0.926. The number of nitrogens with zero attached hydrogens (tertiary/aromatic N) is 2. The zero-order valence-electron chi connectivity index (χ0n) is 12.3. The second kappa shape index (κ2) is 5.91. The summed E-state index contributed by atoms with van der Waals surface area (Å²) in [4.78, 5) is 30.6. The van der Waals surface area contributed by atoms with Crippen LogP contribution in [0.15, 0.2) is 5.38 Å². The second-order valence-electron chi connectivity index (χ2n) is 5.70. The third kappa shape index (κ3) is 2.85. The summed E-state index contributed by atoms with van der Waals surface area (Å²) in [6, 6.07) is -0.402. The first-order valence-electron chi connectivity index (χ1n) is 6.96. The zero-order valence-corrected chi connectivity index (χ0v) is 13.2. The van der Waals surface area contributed by atoms with Crippen LogP contribution in [0.4, 0.5) is 0 Å². The lowest BCUT2D eigenvalue weighted by Crippen LogP contribution is -2.59. The van der Waals surface area contributed by atoms with Gasteiger partial charge in [-0.15, -0.1) is 11.3 Å². The van der Waals surface area contributed by atoms with E-state index in [9.17, 15) is 9.59 Å². The molecule has 5 nitrogen and oxygen atoms in total. The highest BCUT2D eigenvalue weighted by Gasteiger charge is 2.36. The highest BCUT2D eigenvalue weighted by Crippen LogP contribution is 2.22. The van der Waals surface area contributed by atoms with E-state index in [1.807, 2.05) is 13.8 Å². The highest BCUT2D eigenvalue weighted by atomic mass is 32.1. The van der Waals surface area contributed by atoms with E-state index in [1.165, 1.54) is 11.3 Å². The number of aromatic nitrogens is 1. The fourth-order valence-electron chi connectivity index (χ4n) is 2.37. The molecule has 1 aromatic heterocycles. The summed E-state index contributed by atoms with van der Waals surface area (Å²) < 4.78 is 0. The standard InChI is InChI=1S/C14H21N3O2S/c1-8(2)11-12(18)15-5-6-17(11)14(19)10-7-20-13(16-10)9(3)4/h7-9,11H,5-6H2,1-4H3,(H,15,18)/t11-/m1/s1. The molecule has 2 heterocycles. The van der Waals surface area contributed by atoms with E-state index in [2.05, 4.69) is 24.1 Å². The zero-order chi connectivity index (χ0) is 14.9. The molecule has 20 heavy (non-hydrogen) atoms. The molecule has 0 unspecified atom stereocenters. The van der Waals surface area contributed by atoms with Crippen molar-refractivity contribution in [2.24, 2.45) is 5.92 Å². The lowest BCUT2D eigenvalue weighted by Gasteiger charge is -2.36. The van der Waals surface area contributed by atoms with E-state index in [-0.39, 0.29) is 17.7 Å². The highest BCUT2D eigenvalue weighted by molar-refractivity contribution is 7.09.